The van der Waals surface area contributed by atoms with Gasteiger partial charge in [-0.05, 0) is 40.5 Å². The fourth-order valence-electron chi connectivity index (χ4n) is 5.27. The van der Waals surface area contributed by atoms with Gasteiger partial charge < -0.3 is 20.1 Å². The fourth-order valence-corrected chi connectivity index (χ4v) is 5.27. The quantitative estimate of drug-likeness (QED) is 0.674. The van der Waals surface area contributed by atoms with Crippen molar-refractivity contribution < 1.29 is 24.2 Å². The van der Waals surface area contributed by atoms with Gasteiger partial charge in [-0.25, -0.2) is 4.79 Å². The molecule has 2 aromatic carbocycles. The van der Waals surface area contributed by atoms with E-state index in [-0.39, 0.29) is 36.9 Å². The number of benzene rings is 2. The van der Waals surface area contributed by atoms with Gasteiger partial charge in [-0.2, -0.15) is 0 Å². The van der Waals surface area contributed by atoms with Crippen LogP contribution in [0.25, 0.3) is 11.1 Å². The number of nitrogens with zero attached hydrogens (tertiary/aromatic N) is 1. The standard InChI is InChI=1S/C26H28N2O5/c29-23(28-13-17(14-28)24(30)31)12-26(10-5-11-26)16-27-25(32)33-15-22-20-8-3-1-6-18(20)19-7-2-4-9-21(19)22/h1-4,6-9,17,22H,5,10-16H2,(H,27,32)(H,30,31). The van der Waals surface area contributed by atoms with Gasteiger partial charge in [0.1, 0.15) is 6.61 Å². The van der Waals surface area contributed by atoms with E-state index < -0.39 is 18.0 Å². The molecule has 2 aliphatic carbocycles. The maximum absolute atomic E-state index is 12.6. The van der Waals surface area contributed by atoms with Crippen LogP contribution in [0.4, 0.5) is 4.79 Å². The molecule has 1 heterocycles. The number of alkyl carbamates (subject to hydrolysis) is 1. The van der Waals surface area contributed by atoms with Crippen LogP contribution in [0.1, 0.15) is 42.7 Å². The predicted octanol–water partition coefficient (Wildman–Crippen LogP) is 3.63. The number of nitrogens with one attached hydrogen (secondary N) is 1. The van der Waals surface area contributed by atoms with Crippen LogP contribution in [0.15, 0.2) is 48.5 Å². The number of carbonyl (C=O) groups excluding carboxylic acids is 2. The van der Waals surface area contributed by atoms with E-state index in [2.05, 4.69) is 29.6 Å². The number of carbonyl (C=O) groups is 3. The van der Waals surface area contributed by atoms with Crippen LogP contribution in [-0.2, 0) is 14.3 Å². The molecule has 2 amide bonds. The van der Waals surface area contributed by atoms with Gasteiger partial charge >= 0.3 is 12.1 Å². The average molecular weight is 449 g/mol. The number of hydrogen-bond acceptors (Lipinski definition) is 4. The lowest BCUT2D eigenvalue weighted by molar-refractivity contribution is -0.154. The molecule has 0 unspecified atom stereocenters. The number of hydrogen-bond donors (Lipinski definition) is 2. The summed E-state index contributed by atoms with van der Waals surface area (Å²) in [4.78, 5) is 37.7. The molecule has 0 radical (unpaired) electrons. The van der Waals surface area contributed by atoms with E-state index in [1.54, 1.807) is 4.90 Å². The Morgan fingerprint density at radius 3 is 2.15 bits per heavy atom. The zero-order valence-corrected chi connectivity index (χ0v) is 18.5. The SMILES string of the molecule is O=C(NCC1(CC(=O)N2CC(C(=O)O)C2)CCC1)OCC1c2ccccc2-c2ccccc21. The number of aliphatic carboxylic acids is 1. The van der Waals surface area contributed by atoms with Crippen LogP contribution in [0.3, 0.4) is 0 Å². The first-order valence-electron chi connectivity index (χ1n) is 11.6. The molecule has 1 saturated heterocycles. The van der Waals surface area contributed by atoms with Crippen LogP contribution in [0.2, 0.25) is 0 Å². The summed E-state index contributed by atoms with van der Waals surface area (Å²) in [5, 5.41) is 11.9. The molecule has 7 heteroatoms. The van der Waals surface area contributed by atoms with Gasteiger partial charge in [0, 0.05) is 32.0 Å². The Morgan fingerprint density at radius 2 is 1.61 bits per heavy atom. The van der Waals surface area contributed by atoms with Gasteiger partial charge in [0.25, 0.3) is 0 Å². The van der Waals surface area contributed by atoms with Gasteiger partial charge in [-0.3, -0.25) is 9.59 Å². The lowest BCUT2D eigenvalue weighted by Gasteiger charge is -2.44. The molecule has 2 N–H and O–H groups in total. The number of carboxylic acid groups (broad SMARTS) is 1. The molecule has 2 aromatic rings. The highest BCUT2D eigenvalue weighted by molar-refractivity contribution is 5.82. The maximum Gasteiger partial charge on any atom is 0.407 e. The third kappa shape index (κ3) is 4.08. The number of likely N-dealkylation sites (tertiary alicyclic amines) is 1. The summed E-state index contributed by atoms with van der Waals surface area (Å²) >= 11 is 0. The highest BCUT2D eigenvalue weighted by Crippen LogP contribution is 2.45. The van der Waals surface area contributed by atoms with Gasteiger partial charge in [-0.15, -0.1) is 0 Å². The molecule has 0 aromatic heterocycles. The monoisotopic (exact) mass is 448 g/mol. The predicted molar refractivity (Wildman–Crippen MR) is 122 cm³/mol. The minimum Gasteiger partial charge on any atom is -0.481 e. The summed E-state index contributed by atoms with van der Waals surface area (Å²) in [6.45, 7) is 1.22. The summed E-state index contributed by atoms with van der Waals surface area (Å²) in [5.74, 6) is -1.32. The molecule has 1 aliphatic heterocycles. The lowest BCUT2D eigenvalue weighted by atomic mass is 9.66. The molecule has 2 fully saturated rings. The minimum absolute atomic E-state index is 0.0102. The Labute approximate surface area is 192 Å². The van der Waals surface area contributed by atoms with E-state index in [4.69, 9.17) is 9.84 Å². The Bertz CT molecular complexity index is 1040. The van der Waals surface area contributed by atoms with E-state index >= 15 is 0 Å². The smallest absolute Gasteiger partial charge is 0.407 e. The van der Waals surface area contributed by atoms with Gasteiger partial charge in [-0.1, -0.05) is 55.0 Å². The van der Waals surface area contributed by atoms with Crippen molar-refractivity contribution in [1.29, 1.82) is 0 Å². The minimum atomic E-state index is -0.852. The van der Waals surface area contributed by atoms with Crippen molar-refractivity contribution in [3.05, 3.63) is 59.7 Å². The molecule has 7 nitrogen and oxygen atoms in total. The normalized spacial score (nSPS) is 18.5. The molecular formula is C26H28N2O5. The zero-order valence-electron chi connectivity index (χ0n) is 18.5. The van der Waals surface area contributed by atoms with Crippen LogP contribution in [0, 0.1) is 11.3 Å². The van der Waals surface area contributed by atoms with Gasteiger partial charge in [0.2, 0.25) is 5.91 Å². The van der Waals surface area contributed by atoms with Crippen LogP contribution in [-0.4, -0.2) is 54.2 Å². The van der Waals surface area contributed by atoms with Crippen molar-refractivity contribution in [3.63, 3.8) is 0 Å². The Balaban J connectivity index is 1.14. The third-order valence-electron chi connectivity index (χ3n) is 7.48. The topological polar surface area (TPSA) is 95.9 Å². The van der Waals surface area contributed by atoms with Crippen molar-refractivity contribution in [2.75, 3.05) is 26.2 Å². The lowest BCUT2D eigenvalue weighted by Crippen LogP contribution is -2.55. The number of carboxylic acids is 1. The van der Waals surface area contributed by atoms with E-state index in [1.165, 1.54) is 22.3 Å². The molecule has 33 heavy (non-hydrogen) atoms. The first-order valence-corrected chi connectivity index (χ1v) is 11.6. The second-order valence-corrected chi connectivity index (χ2v) is 9.54. The van der Waals surface area contributed by atoms with Crippen molar-refractivity contribution in [1.82, 2.24) is 10.2 Å². The number of ether oxygens (including phenoxy) is 1. The van der Waals surface area contributed by atoms with Crippen molar-refractivity contribution >= 4 is 18.0 Å². The highest BCUT2D eigenvalue weighted by atomic mass is 16.5. The molecule has 1 saturated carbocycles. The summed E-state index contributed by atoms with van der Waals surface area (Å²) in [5.41, 5.74) is 4.45. The molecule has 172 valence electrons. The number of amides is 2. The second-order valence-electron chi connectivity index (χ2n) is 9.54. The third-order valence-corrected chi connectivity index (χ3v) is 7.48. The van der Waals surface area contributed by atoms with E-state index in [0.717, 1.165) is 19.3 Å². The van der Waals surface area contributed by atoms with E-state index in [9.17, 15) is 14.4 Å². The Morgan fingerprint density at radius 1 is 1.00 bits per heavy atom. The largest absolute Gasteiger partial charge is 0.481 e. The highest BCUT2D eigenvalue weighted by Gasteiger charge is 2.43. The summed E-state index contributed by atoms with van der Waals surface area (Å²) in [6, 6.07) is 16.4. The molecule has 0 atom stereocenters. The molecule has 3 aliphatic rings. The zero-order chi connectivity index (χ0) is 23.0. The van der Waals surface area contributed by atoms with E-state index in [0.29, 0.717) is 13.0 Å². The first-order chi connectivity index (χ1) is 16.0. The van der Waals surface area contributed by atoms with Gasteiger partial charge in [0.05, 0.1) is 5.92 Å². The van der Waals surface area contributed by atoms with Crippen molar-refractivity contribution in [2.24, 2.45) is 11.3 Å². The summed E-state index contributed by atoms with van der Waals surface area (Å²) < 4.78 is 5.62. The Hall–Kier alpha value is -3.35. The summed E-state index contributed by atoms with van der Waals surface area (Å²) in [7, 11) is 0. The summed E-state index contributed by atoms with van der Waals surface area (Å²) in [6.07, 6.45) is 2.64. The van der Waals surface area contributed by atoms with Crippen LogP contribution in [0.5, 0.6) is 0 Å². The Kier molecular flexibility index (Phi) is 5.56. The molecule has 5 rings (SSSR count). The van der Waals surface area contributed by atoms with Gasteiger partial charge in [0.15, 0.2) is 0 Å². The van der Waals surface area contributed by atoms with Crippen molar-refractivity contribution in [3.8, 4) is 11.1 Å². The number of fused-ring (bicyclic) bond motifs is 3. The van der Waals surface area contributed by atoms with E-state index in [1.807, 2.05) is 24.3 Å². The molecule has 0 bridgehead atoms. The molecular weight excluding hydrogens is 420 g/mol. The maximum atomic E-state index is 12.6. The number of rotatable bonds is 7. The fraction of sp³-hybridized carbons (Fsp3) is 0.423. The average Bonchev–Trinajstić information content (AvgIpc) is 3.06. The van der Waals surface area contributed by atoms with Crippen LogP contribution < -0.4 is 5.32 Å². The second kappa shape index (κ2) is 8.54. The van der Waals surface area contributed by atoms with Crippen LogP contribution >= 0.6 is 0 Å². The van der Waals surface area contributed by atoms with Crippen molar-refractivity contribution in [2.45, 2.75) is 31.6 Å². The molecule has 0 spiro atoms. The first kappa shape index (κ1) is 21.5.